The van der Waals surface area contributed by atoms with E-state index in [0.717, 1.165) is 58.2 Å². The van der Waals surface area contributed by atoms with Gasteiger partial charge >= 0.3 is 0 Å². The zero-order valence-corrected chi connectivity index (χ0v) is 15.4. The summed E-state index contributed by atoms with van der Waals surface area (Å²) in [5, 5.41) is 4.02. The SMILES string of the molecule is Clc1ccc(CN2CCC(Nc3nccc(N4CCOCC4)n3)C2)cn1. The molecule has 4 heterocycles. The van der Waals surface area contributed by atoms with Gasteiger partial charge in [0, 0.05) is 51.2 Å². The van der Waals surface area contributed by atoms with Crippen molar-refractivity contribution in [3.8, 4) is 0 Å². The van der Waals surface area contributed by atoms with Crippen LogP contribution >= 0.6 is 11.6 Å². The summed E-state index contributed by atoms with van der Waals surface area (Å²) in [6.07, 6.45) is 4.75. The molecule has 2 aromatic rings. The van der Waals surface area contributed by atoms with Crippen LogP contribution in [0.4, 0.5) is 11.8 Å². The number of hydrogen-bond acceptors (Lipinski definition) is 7. The molecular weight excluding hydrogens is 352 g/mol. The van der Waals surface area contributed by atoms with Crippen LogP contribution in [-0.4, -0.2) is 65.3 Å². The van der Waals surface area contributed by atoms with Gasteiger partial charge in [-0.15, -0.1) is 0 Å². The summed E-state index contributed by atoms with van der Waals surface area (Å²) >= 11 is 5.85. The Morgan fingerprint density at radius 1 is 1.15 bits per heavy atom. The fraction of sp³-hybridized carbons (Fsp3) is 0.500. The van der Waals surface area contributed by atoms with Crippen LogP contribution in [0.2, 0.25) is 5.15 Å². The van der Waals surface area contributed by atoms with Crippen LogP contribution < -0.4 is 10.2 Å². The van der Waals surface area contributed by atoms with Crippen molar-refractivity contribution < 1.29 is 4.74 Å². The van der Waals surface area contributed by atoms with Gasteiger partial charge in [0.05, 0.1) is 13.2 Å². The highest BCUT2D eigenvalue weighted by atomic mass is 35.5. The highest BCUT2D eigenvalue weighted by Gasteiger charge is 2.23. The topological polar surface area (TPSA) is 66.4 Å². The molecule has 7 nitrogen and oxygen atoms in total. The van der Waals surface area contributed by atoms with E-state index in [1.54, 1.807) is 0 Å². The first kappa shape index (κ1) is 17.5. The fourth-order valence-electron chi connectivity index (χ4n) is 3.42. The van der Waals surface area contributed by atoms with E-state index < -0.39 is 0 Å². The standard InChI is InChI=1S/C18H23ClN6O/c19-16-2-1-14(11-21-16)12-24-6-4-15(13-24)22-18-20-5-3-17(23-18)25-7-9-26-10-8-25/h1-3,5,11,15H,4,6-10,12-13H2,(H,20,22,23). The maximum atomic E-state index is 5.85. The lowest BCUT2D eigenvalue weighted by Crippen LogP contribution is -2.37. The number of pyridine rings is 1. The minimum atomic E-state index is 0.357. The first-order valence-corrected chi connectivity index (χ1v) is 9.39. The second-order valence-electron chi connectivity index (χ2n) is 6.69. The molecule has 2 aliphatic heterocycles. The van der Waals surface area contributed by atoms with Crippen LogP contribution in [0.1, 0.15) is 12.0 Å². The van der Waals surface area contributed by atoms with E-state index in [4.69, 9.17) is 16.3 Å². The largest absolute Gasteiger partial charge is 0.378 e. The molecule has 1 N–H and O–H groups in total. The summed E-state index contributed by atoms with van der Waals surface area (Å²) in [7, 11) is 0. The molecule has 2 aliphatic rings. The van der Waals surface area contributed by atoms with E-state index >= 15 is 0 Å². The molecule has 2 saturated heterocycles. The number of rotatable bonds is 5. The molecule has 2 aromatic heterocycles. The van der Waals surface area contributed by atoms with E-state index in [-0.39, 0.29) is 0 Å². The lowest BCUT2D eigenvalue weighted by atomic mass is 10.2. The van der Waals surface area contributed by atoms with E-state index in [1.807, 2.05) is 30.6 Å². The maximum absolute atomic E-state index is 5.85. The summed E-state index contributed by atoms with van der Waals surface area (Å²) in [4.78, 5) is 17.9. The molecule has 4 rings (SSSR count). The zero-order chi connectivity index (χ0) is 17.8. The van der Waals surface area contributed by atoms with Gasteiger partial charge in [0.1, 0.15) is 11.0 Å². The molecule has 2 fully saturated rings. The van der Waals surface area contributed by atoms with Gasteiger partial charge in [0.25, 0.3) is 0 Å². The molecule has 0 radical (unpaired) electrons. The second-order valence-corrected chi connectivity index (χ2v) is 7.08. The molecule has 0 bridgehead atoms. The molecule has 0 aromatic carbocycles. The lowest BCUT2D eigenvalue weighted by molar-refractivity contribution is 0.122. The van der Waals surface area contributed by atoms with Crippen LogP contribution in [0, 0.1) is 0 Å². The number of likely N-dealkylation sites (tertiary alicyclic amines) is 1. The first-order valence-electron chi connectivity index (χ1n) is 9.01. The van der Waals surface area contributed by atoms with Gasteiger partial charge in [-0.3, -0.25) is 4.90 Å². The zero-order valence-electron chi connectivity index (χ0n) is 14.6. The first-order chi connectivity index (χ1) is 12.8. The molecule has 1 unspecified atom stereocenters. The number of aromatic nitrogens is 3. The number of anilines is 2. The minimum Gasteiger partial charge on any atom is -0.378 e. The lowest BCUT2D eigenvalue weighted by Gasteiger charge is -2.28. The average molecular weight is 375 g/mol. The Bertz CT molecular complexity index is 722. The number of hydrogen-bond donors (Lipinski definition) is 1. The van der Waals surface area contributed by atoms with Crippen molar-refractivity contribution in [3.05, 3.63) is 41.3 Å². The Balaban J connectivity index is 1.32. The van der Waals surface area contributed by atoms with Crippen molar-refractivity contribution in [2.24, 2.45) is 0 Å². The molecule has 0 spiro atoms. The maximum Gasteiger partial charge on any atom is 0.224 e. The van der Waals surface area contributed by atoms with Crippen molar-refractivity contribution in [1.29, 1.82) is 0 Å². The van der Waals surface area contributed by atoms with Gasteiger partial charge in [0.2, 0.25) is 5.95 Å². The Morgan fingerprint density at radius 2 is 2.04 bits per heavy atom. The van der Waals surface area contributed by atoms with Crippen molar-refractivity contribution in [2.75, 3.05) is 49.6 Å². The summed E-state index contributed by atoms with van der Waals surface area (Å²) < 4.78 is 5.41. The van der Waals surface area contributed by atoms with Gasteiger partial charge in [-0.05, 0) is 24.1 Å². The van der Waals surface area contributed by atoms with Gasteiger partial charge < -0.3 is 15.0 Å². The number of morpholine rings is 1. The van der Waals surface area contributed by atoms with Crippen LogP contribution in [0.3, 0.4) is 0 Å². The second kappa shape index (κ2) is 8.16. The molecule has 0 saturated carbocycles. The third-order valence-corrected chi connectivity index (χ3v) is 5.00. The summed E-state index contributed by atoms with van der Waals surface area (Å²) in [5.41, 5.74) is 1.18. The number of halogens is 1. The molecule has 26 heavy (non-hydrogen) atoms. The molecule has 0 aliphatic carbocycles. The highest BCUT2D eigenvalue weighted by Crippen LogP contribution is 2.18. The van der Waals surface area contributed by atoms with Crippen molar-refractivity contribution in [2.45, 2.75) is 19.0 Å². The van der Waals surface area contributed by atoms with E-state index in [2.05, 4.69) is 30.1 Å². The van der Waals surface area contributed by atoms with Crippen LogP contribution in [0.25, 0.3) is 0 Å². The molecule has 0 amide bonds. The predicted octanol–water partition coefficient (Wildman–Crippen LogP) is 2.05. The van der Waals surface area contributed by atoms with E-state index in [0.29, 0.717) is 17.1 Å². The Hall–Kier alpha value is -1.96. The van der Waals surface area contributed by atoms with Crippen molar-refractivity contribution in [1.82, 2.24) is 19.9 Å². The van der Waals surface area contributed by atoms with E-state index in [1.165, 1.54) is 5.56 Å². The molecular formula is C18H23ClN6O. The van der Waals surface area contributed by atoms with Crippen LogP contribution in [0.15, 0.2) is 30.6 Å². The number of nitrogens with zero attached hydrogens (tertiary/aromatic N) is 5. The fourth-order valence-corrected chi connectivity index (χ4v) is 3.53. The van der Waals surface area contributed by atoms with Gasteiger partial charge in [-0.25, -0.2) is 9.97 Å². The number of nitrogens with one attached hydrogen (secondary N) is 1. The van der Waals surface area contributed by atoms with Gasteiger partial charge in [0.15, 0.2) is 0 Å². The van der Waals surface area contributed by atoms with Crippen molar-refractivity contribution >= 4 is 23.4 Å². The monoisotopic (exact) mass is 374 g/mol. The minimum absolute atomic E-state index is 0.357. The smallest absolute Gasteiger partial charge is 0.224 e. The van der Waals surface area contributed by atoms with Crippen molar-refractivity contribution in [3.63, 3.8) is 0 Å². The van der Waals surface area contributed by atoms with Gasteiger partial charge in [-0.2, -0.15) is 4.98 Å². The summed E-state index contributed by atoms with van der Waals surface area (Å²) in [6.45, 7) is 6.16. The van der Waals surface area contributed by atoms with Crippen LogP contribution in [0.5, 0.6) is 0 Å². The predicted molar refractivity (Wildman–Crippen MR) is 102 cm³/mol. The van der Waals surface area contributed by atoms with E-state index in [9.17, 15) is 0 Å². The van der Waals surface area contributed by atoms with Gasteiger partial charge in [-0.1, -0.05) is 17.7 Å². The normalized spacial score (nSPS) is 21.1. The summed E-state index contributed by atoms with van der Waals surface area (Å²) in [5.74, 6) is 1.67. The molecule has 138 valence electrons. The average Bonchev–Trinajstić information content (AvgIpc) is 3.11. The Kier molecular flexibility index (Phi) is 5.48. The highest BCUT2D eigenvalue weighted by molar-refractivity contribution is 6.29. The third-order valence-electron chi connectivity index (χ3n) is 4.78. The molecule has 1 atom stereocenters. The quantitative estimate of drug-likeness (QED) is 0.803. The Labute approximate surface area is 158 Å². The molecule has 8 heteroatoms. The van der Waals surface area contributed by atoms with Crippen LogP contribution in [-0.2, 0) is 11.3 Å². The third kappa shape index (κ3) is 4.41. The summed E-state index contributed by atoms with van der Waals surface area (Å²) in [6, 6.07) is 6.19. The number of ether oxygens (including phenoxy) is 1. The Morgan fingerprint density at radius 3 is 2.85 bits per heavy atom.